The third kappa shape index (κ3) is 3.67. The number of fused-ring (bicyclic) bond motifs is 2. The summed E-state index contributed by atoms with van der Waals surface area (Å²) in [5.74, 6) is 0.620. The Morgan fingerprint density at radius 3 is 2.77 bits per heavy atom. The number of carbonyl (C=O) groups is 1. The number of piperazine rings is 1. The van der Waals surface area contributed by atoms with Gasteiger partial charge in [0.25, 0.3) is 0 Å². The first-order chi connectivity index (χ1) is 14.5. The molecule has 152 valence electrons. The minimum atomic E-state index is 0.147. The van der Waals surface area contributed by atoms with E-state index < -0.39 is 0 Å². The van der Waals surface area contributed by atoms with Crippen LogP contribution in [0.5, 0.6) is 0 Å². The smallest absolute Gasteiger partial charge is 0.237 e. The number of nitrogens with zero attached hydrogens (tertiary/aromatic N) is 4. The molecule has 5 rings (SSSR count). The van der Waals surface area contributed by atoms with Gasteiger partial charge < -0.3 is 16.4 Å². The highest BCUT2D eigenvalue weighted by Crippen LogP contribution is 2.28. The van der Waals surface area contributed by atoms with Crippen LogP contribution < -0.4 is 11.5 Å². The summed E-state index contributed by atoms with van der Waals surface area (Å²) in [6.45, 7) is 3.35. The Hall–Kier alpha value is -3.23. The molecule has 1 aliphatic rings. The van der Waals surface area contributed by atoms with E-state index in [0.717, 1.165) is 35.2 Å². The van der Waals surface area contributed by atoms with E-state index in [0.29, 0.717) is 25.5 Å². The Balaban J connectivity index is 1.24. The molecule has 30 heavy (non-hydrogen) atoms. The predicted octanol–water partition coefficient (Wildman–Crippen LogP) is 2.85. The summed E-state index contributed by atoms with van der Waals surface area (Å²) in [5.41, 5.74) is 14.4. The Kier molecular flexibility index (Phi) is 4.72. The minimum Gasteiger partial charge on any atom is -0.399 e. The highest BCUT2D eigenvalue weighted by Gasteiger charge is 2.24. The molecule has 8 heteroatoms. The van der Waals surface area contributed by atoms with Crippen LogP contribution in [0, 0.1) is 0 Å². The first kappa shape index (κ1) is 18.8. The number of hydrogen-bond donors (Lipinski definition) is 2. The highest BCUT2D eigenvalue weighted by atomic mass is 32.1. The first-order valence-electron chi connectivity index (χ1n) is 9.82. The van der Waals surface area contributed by atoms with Gasteiger partial charge in [-0.2, -0.15) is 0 Å². The zero-order valence-electron chi connectivity index (χ0n) is 16.4. The zero-order chi connectivity index (χ0) is 20.7. The zero-order valence-corrected chi connectivity index (χ0v) is 17.2. The molecule has 0 aliphatic carbocycles. The lowest BCUT2D eigenvalue weighted by atomic mass is 10.1. The van der Waals surface area contributed by atoms with Crippen molar-refractivity contribution >= 4 is 49.7 Å². The van der Waals surface area contributed by atoms with E-state index in [9.17, 15) is 4.79 Å². The van der Waals surface area contributed by atoms with Crippen molar-refractivity contribution in [3.05, 3.63) is 59.2 Å². The molecule has 7 nitrogen and oxygen atoms in total. The number of anilines is 2. The number of amides is 1. The van der Waals surface area contributed by atoms with Crippen LogP contribution in [-0.4, -0.2) is 45.3 Å². The monoisotopic (exact) mass is 418 g/mol. The molecule has 0 bridgehead atoms. The molecule has 3 heterocycles. The summed E-state index contributed by atoms with van der Waals surface area (Å²) in [6.07, 6.45) is 1.47. The molecule has 1 aliphatic heterocycles. The number of nitrogens with two attached hydrogens (primary N) is 2. The van der Waals surface area contributed by atoms with Gasteiger partial charge in [-0.1, -0.05) is 12.1 Å². The third-order valence-corrected chi connectivity index (χ3v) is 6.56. The number of carbonyl (C=O) groups excluding carboxylic acids is 1. The topological polar surface area (TPSA) is 101 Å². The van der Waals surface area contributed by atoms with Crippen LogP contribution in [0.1, 0.15) is 10.4 Å². The summed E-state index contributed by atoms with van der Waals surface area (Å²) < 4.78 is 1.19. The fourth-order valence-electron chi connectivity index (χ4n) is 3.90. The lowest BCUT2D eigenvalue weighted by Crippen LogP contribution is -2.49. The second-order valence-electron chi connectivity index (χ2n) is 7.65. The fraction of sp³-hybridized carbons (Fsp3) is 0.227. The number of hydrogen-bond acceptors (Lipinski definition) is 7. The Morgan fingerprint density at radius 2 is 1.90 bits per heavy atom. The van der Waals surface area contributed by atoms with E-state index in [1.54, 1.807) is 11.3 Å². The molecule has 4 aromatic rings. The SMILES string of the molecule is Nc1ccc2cc(CN3CCN(Cc4ccc5c(N)ncnc5c4)C(=O)C3)sc2c1. The molecule has 0 saturated carbocycles. The number of rotatable bonds is 4. The molecule has 0 radical (unpaired) electrons. The summed E-state index contributed by atoms with van der Waals surface area (Å²) >= 11 is 1.74. The largest absolute Gasteiger partial charge is 0.399 e. The maximum atomic E-state index is 12.8. The molecule has 2 aromatic heterocycles. The lowest BCUT2D eigenvalue weighted by molar-refractivity contribution is -0.136. The van der Waals surface area contributed by atoms with Crippen molar-refractivity contribution in [1.82, 2.24) is 19.8 Å². The molecule has 1 fully saturated rings. The van der Waals surface area contributed by atoms with Crippen LogP contribution >= 0.6 is 11.3 Å². The normalized spacial score (nSPS) is 15.3. The van der Waals surface area contributed by atoms with Gasteiger partial charge in [0.15, 0.2) is 0 Å². The Morgan fingerprint density at radius 1 is 1.00 bits per heavy atom. The Bertz CT molecular complexity index is 1250. The first-order valence-corrected chi connectivity index (χ1v) is 10.6. The molecule has 0 unspecified atom stereocenters. The van der Waals surface area contributed by atoms with Gasteiger partial charge in [0, 0.05) is 46.8 Å². The van der Waals surface area contributed by atoms with Gasteiger partial charge in [0.2, 0.25) is 5.91 Å². The fourth-order valence-corrected chi connectivity index (χ4v) is 5.06. The summed E-state index contributed by atoms with van der Waals surface area (Å²) in [7, 11) is 0. The quantitative estimate of drug-likeness (QED) is 0.494. The molecular formula is C22H22N6OS. The number of aromatic nitrogens is 2. The summed E-state index contributed by atoms with van der Waals surface area (Å²) in [5, 5.41) is 2.04. The average molecular weight is 419 g/mol. The van der Waals surface area contributed by atoms with Gasteiger partial charge in [0.1, 0.15) is 12.1 Å². The van der Waals surface area contributed by atoms with Crippen LogP contribution in [0.15, 0.2) is 48.8 Å². The molecule has 2 aromatic carbocycles. The second-order valence-corrected chi connectivity index (χ2v) is 8.81. The predicted molar refractivity (Wildman–Crippen MR) is 121 cm³/mol. The van der Waals surface area contributed by atoms with Crippen LogP contribution in [0.3, 0.4) is 0 Å². The van der Waals surface area contributed by atoms with E-state index in [1.165, 1.54) is 21.3 Å². The van der Waals surface area contributed by atoms with Crippen molar-refractivity contribution in [1.29, 1.82) is 0 Å². The van der Waals surface area contributed by atoms with E-state index >= 15 is 0 Å². The van der Waals surface area contributed by atoms with Crippen LogP contribution in [0.25, 0.3) is 21.0 Å². The summed E-state index contributed by atoms with van der Waals surface area (Å²) in [4.78, 5) is 26.4. The van der Waals surface area contributed by atoms with Crippen LogP contribution in [-0.2, 0) is 17.9 Å². The van der Waals surface area contributed by atoms with Gasteiger partial charge in [-0.3, -0.25) is 9.69 Å². The molecular weight excluding hydrogens is 396 g/mol. The van der Waals surface area contributed by atoms with E-state index in [4.69, 9.17) is 11.5 Å². The van der Waals surface area contributed by atoms with Crippen molar-refractivity contribution in [3.8, 4) is 0 Å². The van der Waals surface area contributed by atoms with Gasteiger partial charge >= 0.3 is 0 Å². The number of nitrogen functional groups attached to an aromatic ring is 2. The van der Waals surface area contributed by atoms with Crippen LogP contribution in [0.4, 0.5) is 11.5 Å². The molecule has 0 spiro atoms. The van der Waals surface area contributed by atoms with Gasteiger partial charge in [-0.15, -0.1) is 11.3 Å². The van der Waals surface area contributed by atoms with Crippen molar-refractivity contribution in [2.45, 2.75) is 13.1 Å². The van der Waals surface area contributed by atoms with E-state index in [1.807, 2.05) is 35.2 Å². The minimum absolute atomic E-state index is 0.147. The Labute approximate surface area is 177 Å². The van der Waals surface area contributed by atoms with Gasteiger partial charge in [0.05, 0.1) is 12.1 Å². The third-order valence-electron chi connectivity index (χ3n) is 5.48. The maximum absolute atomic E-state index is 12.8. The molecule has 1 saturated heterocycles. The molecule has 4 N–H and O–H groups in total. The number of benzene rings is 2. The van der Waals surface area contributed by atoms with Crippen molar-refractivity contribution in [2.24, 2.45) is 0 Å². The molecule has 1 amide bonds. The average Bonchev–Trinajstić information content (AvgIpc) is 3.11. The van der Waals surface area contributed by atoms with Crippen molar-refractivity contribution in [2.75, 3.05) is 31.1 Å². The number of thiophene rings is 1. The second kappa shape index (κ2) is 7.55. The van der Waals surface area contributed by atoms with Crippen LogP contribution in [0.2, 0.25) is 0 Å². The van der Waals surface area contributed by atoms with E-state index in [-0.39, 0.29) is 5.91 Å². The standard InChI is InChI=1S/C22H22N6OS/c23-16-3-2-15-8-17(30-20(15)9-16)11-27-5-6-28(21(29)12-27)10-14-1-4-18-19(7-14)25-13-26-22(18)24/h1-4,7-9,13H,5-6,10-12,23H2,(H2,24,25,26). The van der Waals surface area contributed by atoms with Crippen molar-refractivity contribution in [3.63, 3.8) is 0 Å². The summed E-state index contributed by atoms with van der Waals surface area (Å²) in [6, 6.07) is 14.1. The van der Waals surface area contributed by atoms with Crippen molar-refractivity contribution < 1.29 is 4.79 Å². The van der Waals surface area contributed by atoms with Gasteiger partial charge in [-0.25, -0.2) is 9.97 Å². The van der Waals surface area contributed by atoms with E-state index in [2.05, 4.69) is 27.0 Å². The highest BCUT2D eigenvalue weighted by molar-refractivity contribution is 7.19. The maximum Gasteiger partial charge on any atom is 0.237 e. The molecule has 0 atom stereocenters. The van der Waals surface area contributed by atoms with Gasteiger partial charge in [-0.05, 0) is 41.3 Å². The lowest BCUT2D eigenvalue weighted by Gasteiger charge is -2.34.